The van der Waals surface area contributed by atoms with Crippen LogP contribution in [0.5, 0.6) is 5.75 Å². The number of pyridine rings is 1. The average Bonchev–Trinajstić information content (AvgIpc) is 3.27. The summed E-state index contributed by atoms with van der Waals surface area (Å²) in [7, 11) is 1.84. The first kappa shape index (κ1) is 23.6. The Hall–Kier alpha value is -3.06. The molecule has 0 radical (unpaired) electrons. The molecule has 4 rings (SSSR count). The number of carbonyl (C=O) groups excluding carboxylic acids is 1. The molecule has 3 aromatic rings. The Morgan fingerprint density at radius 1 is 1.16 bits per heavy atom. The lowest BCUT2D eigenvalue weighted by atomic mass is 9.96. The van der Waals surface area contributed by atoms with E-state index in [-0.39, 0.29) is 5.91 Å². The second kappa shape index (κ2) is 11.0. The number of anilines is 1. The van der Waals surface area contributed by atoms with Crippen molar-refractivity contribution in [3.05, 3.63) is 70.3 Å². The molecule has 0 fully saturated rings. The van der Waals surface area contributed by atoms with Gasteiger partial charge in [0, 0.05) is 44.3 Å². The zero-order valence-electron chi connectivity index (χ0n) is 19.1. The Kier molecular flexibility index (Phi) is 8.11. The Labute approximate surface area is 194 Å². The normalized spacial score (nSPS) is 12.7. The Balaban J connectivity index is 0.00000141. The van der Waals surface area contributed by atoms with E-state index < -0.39 is 0 Å². The molecule has 7 nitrogen and oxygen atoms in total. The molecule has 1 N–H and O–H groups in total. The van der Waals surface area contributed by atoms with E-state index in [1.165, 1.54) is 0 Å². The van der Waals surface area contributed by atoms with Crippen LogP contribution < -0.4 is 10.1 Å². The molecule has 8 heteroatoms. The molecule has 0 spiro atoms. The van der Waals surface area contributed by atoms with Crippen molar-refractivity contribution in [1.29, 1.82) is 0 Å². The molecule has 1 aromatic carbocycles. The summed E-state index contributed by atoms with van der Waals surface area (Å²) in [5.74, 6) is 1.37. The van der Waals surface area contributed by atoms with Gasteiger partial charge in [-0.25, -0.2) is 9.97 Å². The van der Waals surface area contributed by atoms with Crippen LogP contribution in [0, 0.1) is 0 Å². The first-order chi connectivity index (χ1) is 15.6. The standard InChI is InChI=1S/C22H24ClN5O2.C2H6/c1-3-30-19-11-16(12-26-20(19)23)14-27-8-6-17-5-4-15(10-18(17)21(27)29)13-28-9-7-25-22(28)24-2;1-2/h4-5,7,9-12H,3,6,8,13-14H2,1-2H3,(H,24,25);1-2H3. The van der Waals surface area contributed by atoms with Gasteiger partial charge in [0.15, 0.2) is 10.9 Å². The number of hydrogen-bond acceptors (Lipinski definition) is 5. The summed E-state index contributed by atoms with van der Waals surface area (Å²) in [5.41, 5.74) is 3.80. The molecule has 0 aliphatic carbocycles. The predicted octanol–water partition coefficient (Wildman–Crippen LogP) is 4.64. The van der Waals surface area contributed by atoms with Gasteiger partial charge >= 0.3 is 0 Å². The van der Waals surface area contributed by atoms with Gasteiger partial charge in [0.2, 0.25) is 5.95 Å². The molecule has 0 unspecified atom stereocenters. The number of nitrogens with zero attached hydrogens (tertiary/aromatic N) is 4. The average molecular weight is 456 g/mol. The van der Waals surface area contributed by atoms with Gasteiger partial charge < -0.3 is 19.5 Å². The van der Waals surface area contributed by atoms with Crippen LogP contribution in [-0.2, 0) is 19.5 Å². The second-order valence-corrected chi connectivity index (χ2v) is 7.52. The summed E-state index contributed by atoms with van der Waals surface area (Å²) in [6.45, 7) is 8.20. The number of carbonyl (C=O) groups is 1. The summed E-state index contributed by atoms with van der Waals surface area (Å²) in [6.07, 6.45) is 6.20. The van der Waals surface area contributed by atoms with Crippen molar-refractivity contribution in [3.63, 3.8) is 0 Å². The van der Waals surface area contributed by atoms with Gasteiger partial charge in [0.05, 0.1) is 13.2 Å². The highest BCUT2D eigenvalue weighted by atomic mass is 35.5. The number of amides is 1. The van der Waals surface area contributed by atoms with E-state index in [0.717, 1.165) is 34.6 Å². The van der Waals surface area contributed by atoms with Gasteiger partial charge in [-0.3, -0.25) is 4.79 Å². The molecule has 3 heterocycles. The number of ether oxygens (including phenoxy) is 1. The van der Waals surface area contributed by atoms with Crippen molar-refractivity contribution in [1.82, 2.24) is 19.4 Å². The van der Waals surface area contributed by atoms with Crippen LogP contribution in [0.4, 0.5) is 5.95 Å². The van der Waals surface area contributed by atoms with E-state index in [0.29, 0.717) is 37.1 Å². The number of hydrogen-bond donors (Lipinski definition) is 1. The highest BCUT2D eigenvalue weighted by Crippen LogP contribution is 2.26. The minimum absolute atomic E-state index is 0.0329. The van der Waals surface area contributed by atoms with E-state index in [1.807, 2.05) is 55.6 Å². The van der Waals surface area contributed by atoms with Crippen LogP contribution in [-0.4, -0.2) is 45.5 Å². The number of nitrogens with one attached hydrogen (secondary N) is 1. The van der Waals surface area contributed by atoms with Crippen LogP contribution in [0.15, 0.2) is 42.9 Å². The van der Waals surface area contributed by atoms with Crippen molar-refractivity contribution in [2.24, 2.45) is 0 Å². The lowest BCUT2D eigenvalue weighted by Gasteiger charge is -2.29. The molecular weight excluding hydrogens is 426 g/mol. The number of rotatable bonds is 7. The van der Waals surface area contributed by atoms with E-state index in [9.17, 15) is 4.79 Å². The maximum absolute atomic E-state index is 13.2. The molecule has 0 saturated carbocycles. The molecule has 0 bridgehead atoms. The third kappa shape index (κ3) is 5.22. The molecule has 0 saturated heterocycles. The van der Waals surface area contributed by atoms with Crippen LogP contribution in [0.2, 0.25) is 5.15 Å². The maximum Gasteiger partial charge on any atom is 0.254 e. The first-order valence-corrected chi connectivity index (χ1v) is 11.3. The fourth-order valence-electron chi connectivity index (χ4n) is 3.71. The zero-order valence-corrected chi connectivity index (χ0v) is 19.8. The maximum atomic E-state index is 13.2. The minimum atomic E-state index is 0.0329. The lowest BCUT2D eigenvalue weighted by molar-refractivity contribution is 0.0726. The molecule has 1 amide bonds. The van der Waals surface area contributed by atoms with Gasteiger partial charge in [0.1, 0.15) is 0 Å². The van der Waals surface area contributed by atoms with E-state index >= 15 is 0 Å². The fraction of sp³-hybridized carbons (Fsp3) is 0.375. The Morgan fingerprint density at radius 3 is 2.72 bits per heavy atom. The Morgan fingerprint density at radius 2 is 1.97 bits per heavy atom. The highest BCUT2D eigenvalue weighted by molar-refractivity contribution is 6.30. The molecular formula is C24H30ClN5O2. The molecule has 32 heavy (non-hydrogen) atoms. The van der Waals surface area contributed by atoms with Crippen molar-refractivity contribution in [2.75, 3.05) is 25.5 Å². The summed E-state index contributed by atoms with van der Waals surface area (Å²) < 4.78 is 7.54. The second-order valence-electron chi connectivity index (χ2n) is 7.16. The van der Waals surface area contributed by atoms with E-state index in [1.54, 1.807) is 12.4 Å². The van der Waals surface area contributed by atoms with Gasteiger partial charge in [-0.15, -0.1) is 0 Å². The number of benzene rings is 1. The fourth-order valence-corrected chi connectivity index (χ4v) is 3.87. The summed E-state index contributed by atoms with van der Waals surface area (Å²) in [5, 5.41) is 3.40. The van der Waals surface area contributed by atoms with Crippen LogP contribution in [0.3, 0.4) is 0 Å². The Bertz CT molecular complexity index is 1070. The molecule has 1 aliphatic heterocycles. The zero-order chi connectivity index (χ0) is 23.1. The number of fused-ring (bicyclic) bond motifs is 1. The quantitative estimate of drug-likeness (QED) is 0.525. The minimum Gasteiger partial charge on any atom is -0.491 e. The van der Waals surface area contributed by atoms with Crippen LogP contribution in [0.1, 0.15) is 47.8 Å². The van der Waals surface area contributed by atoms with E-state index in [4.69, 9.17) is 16.3 Å². The SMILES string of the molecule is CC.CCOc1cc(CN2CCc3ccc(Cn4ccnc4NC)cc3C2=O)cnc1Cl. The van der Waals surface area contributed by atoms with Crippen molar-refractivity contribution in [2.45, 2.75) is 40.3 Å². The summed E-state index contributed by atoms with van der Waals surface area (Å²) in [4.78, 5) is 23.5. The summed E-state index contributed by atoms with van der Waals surface area (Å²) >= 11 is 6.08. The third-order valence-electron chi connectivity index (χ3n) is 5.17. The first-order valence-electron chi connectivity index (χ1n) is 11.0. The third-order valence-corrected chi connectivity index (χ3v) is 5.46. The predicted molar refractivity (Wildman–Crippen MR) is 128 cm³/mol. The monoisotopic (exact) mass is 455 g/mol. The molecule has 2 aromatic heterocycles. The molecule has 1 aliphatic rings. The smallest absolute Gasteiger partial charge is 0.254 e. The topological polar surface area (TPSA) is 72.3 Å². The molecule has 0 atom stereocenters. The van der Waals surface area contributed by atoms with Gasteiger partial charge in [-0.1, -0.05) is 37.6 Å². The van der Waals surface area contributed by atoms with Crippen LogP contribution >= 0.6 is 11.6 Å². The van der Waals surface area contributed by atoms with Gasteiger partial charge in [-0.05, 0) is 42.2 Å². The summed E-state index contributed by atoms with van der Waals surface area (Å²) in [6, 6.07) is 8.00. The number of aromatic nitrogens is 3. The molecule has 170 valence electrons. The van der Waals surface area contributed by atoms with Gasteiger partial charge in [0.25, 0.3) is 5.91 Å². The van der Waals surface area contributed by atoms with Gasteiger partial charge in [-0.2, -0.15) is 0 Å². The van der Waals surface area contributed by atoms with Crippen molar-refractivity contribution >= 4 is 23.5 Å². The largest absolute Gasteiger partial charge is 0.491 e. The van der Waals surface area contributed by atoms with Crippen molar-refractivity contribution < 1.29 is 9.53 Å². The van der Waals surface area contributed by atoms with Crippen molar-refractivity contribution in [3.8, 4) is 5.75 Å². The number of halogens is 1. The lowest BCUT2D eigenvalue weighted by Crippen LogP contribution is -2.37. The highest BCUT2D eigenvalue weighted by Gasteiger charge is 2.25. The van der Waals surface area contributed by atoms with E-state index in [2.05, 4.69) is 27.4 Å². The number of imidazole rings is 1. The van der Waals surface area contributed by atoms with Crippen LogP contribution in [0.25, 0.3) is 0 Å².